The molecule has 1 saturated carbocycles. The molecule has 0 unspecified atom stereocenters. The number of aliphatic hydroxyl groups is 2. The summed E-state index contributed by atoms with van der Waals surface area (Å²) in [6, 6.07) is 22.0. The topological polar surface area (TPSA) is 60.8 Å². The predicted octanol–water partition coefficient (Wildman–Crippen LogP) is 6.26. The predicted molar refractivity (Wildman–Crippen MR) is 139 cm³/mol. The molecule has 3 aromatic carbocycles. The van der Waals surface area contributed by atoms with E-state index >= 15 is 0 Å². The van der Waals surface area contributed by atoms with Crippen LogP contribution in [-0.4, -0.2) is 34.4 Å². The quantitative estimate of drug-likeness (QED) is 0.272. The zero-order valence-electron chi connectivity index (χ0n) is 20.8. The molecular formula is C30H35F2NO3. The molecule has 4 rings (SSSR count). The lowest BCUT2D eigenvalue weighted by molar-refractivity contribution is -0.315. The number of aryl methyl sites for hydroxylation is 1. The van der Waals surface area contributed by atoms with Crippen molar-refractivity contribution in [2.45, 2.75) is 70.0 Å². The van der Waals surface area contributed by atoms with Crippen LogP contribution < -0.4 is 4.90 Å². The molecule has 0 saturated heterocycles. The number of benzene rings is 3. The Bertz CT molecular complexity index is 1180. The van der Waals surface area contributed by atoms with Crippen LogP contribution in [-0.2, 0) is 17.6 Å². The minimum atomic E-state index is -3.74. The van der Waals surface area contributed by atoms with E-state index in [-0.39, 0.29) is 6.42 Å². The third-order valence-corrected chi connectivity index (χ3v) is 7.30. The van der Waals surface area contributed by atoms with Crippen molar-refractivity contribution < 1.29 is 23.8 Å². The van der Waals surface area contributed by atoms with Gasteiger partial charge in [0.05, 0.1) is 0 Å². The van der Waals surface area contributed by atoms with Gasteiger partial charge in [-0.15, -0.1) is 0 Å². The van der Waals surface area contributed by atoms with Gasteiger partial charge in [0.2, 0.25) is 11.7 Å². The lowest BCUT2D eigenvalue weighted by atomic mass is 9.81. The Morgan fingerprint density at radius 1 is 0.944 bits per heavy atom. The first-order valence-electron chi connectivity index (χ1n) is 12.9. The van der Waals surface area contributed by atoms with Gasteiger partial charge in [-0.25, -0.2) is 8.78 Å². The highest BCUT2D eigenvalue weighted by atomic mass is 19.3. The van der Waals surface area contributed by atoms with Crippen molar-refractivity contribution in [1.82, 2.24) is 0 Å². The van der Waals surface area contributed by atoms with E-state index in [0.717, 1.165) is 42.0 Å². The van der Waals surface area contributed by atoms with Crippen LogP contribution in [0.1, 0.15) is 56.6 Å². The molecule has 1 aliphatic rings. The van der Waals surface area contributed by atoms with Crippen molar-refractivity contribution >= 4 is 22.4 Å². The maximum absolute atomic E-state index is 14.4. The highest BCUT2D eigenvalue weighted by Crippen LogP contribution is 2.43. The molecule has 0 radical (unpaired) electrons. The zero-order valence-corrected chi connectivity index (χ0v) is 20.8. The van der Waals surface area contributed by atoms with Gasteiger partial charge in [-0.1, -0.05) is 74.4 Å². The fourth-order valence-corrected chi connectivity index (χ4v) is 4.99. The second kappa shape index (κ2) is 11.1. The van der Waals surface area contributed by atoms with Crippen LogP contribution in [0.25, 0.3) is 10.8 Å². The number of fused-ring (bicyclic) bond motifs is 1. The maximum Gasteiger partial charge on any atom is 0.301 e. The highest BCUT2D eigenvalue weighted by molar-refractivity contribution is 5.95. The third-order valence-electron chi connectivity index (χ3n) is 7.30. The van der Waals surface area contributed by atoms with Crippen molar-refractivity contribution in [1.29, 1.82) is 0 Å². The van der Waals surface area contributed by atoms with E-state index < -0.39 is 36.4 Å². The largest absolute Gasteiger partial charge is 0.361 e. The molecule has 6 heteroatoms. The Kier molecular flexibility index (Phi) is 8.06. The summed E-state index contributed by atoms with van der Waals surface area (Å²) in [6.07, 6.45) is 3.52. The van der Waals surface area contributed by atoms with E-state index in [0.29, 0.717) is 18.7 Å². The van der Waals surface area contributed by atoms with Gasteiger partial charge in [-0.3, -0.25) is 4.79 Å². The molecule has 1 amide bonds. The van der Waals surface area contributed by atoms with E-state index in [1.165, 1.54) is 5.56 Å². The van der Waals surface area contributed by atoms with Gasteiger partial charge >= 0.3 is 5.92 Å². The molecule has 0 bridgehead atoms. The Labute approximate surface area is 211 Å². The van der Waals surface area contributed by atoms with Gasteiger partial charge in [0.25, 0.3) is 0 Å². The fourth-order valence-electron chi connectivity index (χ4n) is 4.99. The fraction of sp³-hybridized carbons (Fsp3) is 0.433. The average Bonchev–Trinajstić information content (AvgIpc) is 2.86. The molecule has 1 aliphatic carbocycles. The molecule has 4 nitrogen and oxygen atoms in total. The number of unbranched alkanes of at least 4 members (excludes halogenated alkanes) is 2. The minimum Gasteiger partial charge on any atom is -0.361 e. The van der Waals surface area contributed by atoms with Gasteiger partial charge in [-0.05, 0) is 59.7 Å². The van der Waals surface area contributed by atoms with Gasteiger partial charge in [0.1, 0.15) is 0 Å². The van der Waals surface area contributed by atoms with Crippen LogP contribution in [0.15, 0.2) is 66.7 Å². The normalized spacial score (nSPS) is 18.8. The number of carbonyl (C=O) groups is 1. The van der Waals surface area contributed by atoms with Crippen molar-refractivity contribution in [3.63, 3.8) is 0 Å². The van der Waals surface area contributed by atoms with Crippen molar-refractivity contribution in [3.8, 4) is 0 Å². The SMILES string of the molecule is CCCCCc1ccc(N(CCc2ccc3ccccc3c2)C(=O)[C@H]2CCC(O)(O)C(F)(F)C2)cc1. The number of anilines is 1. The van der Waals surface area contributed by atoms with Crippen LogP contribution in [0.4, 0.5) is 14.5 Å². The standard InChI is InChI=1S/C30H35F2NO3/c1-2-3-4-7-22-11-14-27(15-12-22)33(28(34)26-16-18-30(35,36)29(31,32)21-26)19-17-23-10-13-24-8-5-6-9-25(24)20-23/h5-6,8-15,20,26,35-36H,2-4,7,16-19,21H2,1H3/t26-/m0/s1. The Hall–Kier alpha value is -2.83. The Balaban J connectivity index is 1.55. The second-order valence-electron chi connectivity index (χ2n) is 10.0. The van der Waals surface area contributed by atoms with Gasteiger partial charge in [0.15, 0.2) is 0 Å². The van der Waals surface area contributed by atoms with Crippen LogP contribution in [0, 0.1) is 5.92 Å². The number of halogens is 2. The molecule has 1 fully saturated rings. The number of hydrogen-bond acceptors (Lipinski definition) is 3. The van der Waals surface area contributed by atoms with Gasteiger partial charge in [-0.2, -0.15) is 0 Å². The average molecular weight is 496 g/mol. The number of carbonyl (C=O) groups excluding carboxylic acids is 1. The molecule has 0 aliphatic heterocycles. The Morgan fingerprint density at radius 3 is 2.33 bits per heavy atom. The van der Waals surface area contributed by atoms with E-state index in [4.69, 9.17) is 0 Å². The van der Waals surface area contributed by atoms with Gasteiger partial charge in [0, 0.05) is 31.0 Å². The summed E-state index contributed by atoms with van der Waals surface area (Å²) in [5.74, 6) is -8.18. The molecule has 2 N–H and O–H groups in total. The minimum absolute atomic E-state index is 0.00298. The van der Waals surface area contributed by atoms with E-state index in [2.05, 4.69) is 13.0 Å². The molecule has 3 aromatic rings. The number of rotatable bonds is 9. The smallest absolute Gasteiger partial charge is 0.301 e. The summed E-state index contributed by atoms with van der Waals surface area (Å²) in [5.41, 5.74) is 2.92. The summed E-state index contributed by atoms with van der Waals surface area (Å²) in [4.78, 5) is 15.1. The summed E-state index contributed by atoms with van der Waals surface area (Å²) in [7, 11) is 0. The summed E-state index contributed by atoms with van der Waals surface area (Å²) in [6.45, 7) is 2.51. The summed E-state index contributed by atoms with van der Waals surface area (Å²) >= 11 is 0. The number of amides is 1. The first-order chi connectivity index (χ1) is 17.2. The van der Waals surface area contributed by atoms with Crippen molar-refractivity contribution in [2.75, 3.05) is 11.4 Å². The van der Waals surface area contributed by atoms with Crippen molar-refractivity contribution in [2.24, 2.45) is 5.92 Å². The monoisotopic (exact) mass is 495 g/mol. The van der Waals surface area contributed by atoms with Crippen LogP contribution in [0.3, 0.4) is 0 Å². The van der Waals surface area contributed by atoms with E-state index in [1.54, 1.807) is 4.90 Å². The van der Waals surface area contributed by atoms with Crippen LogP contribution in [0.2, 0.25) is 0 Å². The highest BCUT2D eigenvalue weighted by Gasteiger charge is 2.57. The molecular weight excluding hydrogens is 460 g/mol. The summed E-state index contributed by atoms with van der Waals surface area (Å²) < 4.78 is 28.8. The van der Waals surface area contributed by atoms with E-state index in [1.807, 2.05) is 60.7 Å². The molecule has 0 heterocycles. The van der Waals surface area contributed by atoms with Crippen LogP contribution >= 0.6 is 0 Å². The number of nitrogens with zero attached hydrogens (tertiary/aromatic N) is 1. The molecule has 0 spiro atoms. The molecule has 36 heavy (non-hydrogen) atoms. The zero-order chi connectivity index (χ0) is 25.8. The Morgan fingerprint density at radius 2 is 1.64 bits per heavy atom. The van der Waals surface area contributed by atoms with Crippen LogP contribution in [0.5, 0.6) is 0 Å². The molecule has 192 valence electrons. The lowest BCUT2D eigenvalue weighted by Crippen LogP contribution is -2.54. The van der Waals surface area contributed by atoms with Crippen molar-refractivity contribution in [3.05, 3.63) is 77.9 Å². The van der Waals surface area contributed by atoms with E-state index in [9.17, 15) is 23.8 Å². The second-order valence-corrected chi connectivity index (χ2v) is 10.0. The molecule has 0 aromatic heterocycles. The third kappa shape index (κ3) is 5.93. The maximum atomic E-state index is 14.4. The number of alkyl halides is 2. The molecule has 1 atom stereocenters. The lowest BCUT2D eigenvalue weighted by Gasteiger charge is -2.39. The first-order valence-corrected chi connectivity index (χ1v) is 12.9. The first kappa shape index (κ1) is 26.2. The van der Waals surface area contributed by atoms with Gasteiger partial charge < -0.3 is 15.1 Å². The summed E-state index contributed by atoms with van der Waals surface area (Å²) in [5, 5.41) is 21.6. The number of hydrogen-bond donors (Lipinski definition) is 2.